The number of nitrogens with zero attached hydrogens (tertiary/aromatic N) is 2. The first-order chi connectivity index (χ1) is 11.6. The lowest BCUT2D eigenvalue weighted by Gasteiger charge is -2.08. The fourth-order valence-electron chi connectivity index (χ4n) is 2.72. The summed E-state index contributed by atoms with van der Waals surface area (Å²) < 4.78 is 5.81. The molecule has 1 heterocycles. The van der Waals surface area contributed by atoms with Crippen molar-refractivity contribution in [2.24, 2.45) is 0 Å². The number of hydrogen-bond acceptors (Lipinski definition) is 3. The van der Waals surface area contributed by atoms with Crippen LogP contribution in [0.15, 0.2) is 59.0 Å². The zero-order valence-electron chi connectivity index (χ0n) is 14.3. The molecule has 1 unspecified atom stereocenters. The first kappa shape index (κ1) is 16.2. The van der Waals surface area contributed by atoms with E-state index in [0.29, 0.717) is 17.7 Å². The van der Waals surface area contributed by atoms with Crippen LogP contribution in [-0.4, -0.2) is 10.2 Å². The Bertz CT molecular complexity index is 819. The van der Waals surface area contributed by atoms with Gasteiger partial charge in [-0.05, 0) is 35.6 Å². The molecule has 1 atom stereocenters. The summed E-state index contributed by atoms with van der Waals surface area (Å²) in [5.41, 5.74) is 3.66. The van der Waals surface area contributed by atoms with E-state index in [4.69, 9.17) is 4.42 Å². The molecule has 0 bridgehead atoms. The number of rotatable bonds is 5. The van der Waals surface area contributed by atoms with Gasteiger partial charge in [0.25, 0.3) is 0 Å². The standard InChI is InChI=1S/C21H22N2O/c1-15(2)19-12-8-7-11-18(19)13-14-20-22-23-21(24-20)16(3)17-9-5-4-6-10-17/h4-16H,1-3H3. The highest BCUT2D eigenvalue weighted by Gasteiger charge is 2.14. The van der Waals surface area contributed by atoms with Gasteiger partial charge in [-0.25, -0.2) is 0 Å². The Hall–Kier alpha value is -2.68. The third-order valence-corrected chi connectivity index (χ3v) is 4.15. The molecule has 0 saturated heterocycles. The first-order valence-electron chi connectivity index (χ1n) is 8.30. The van der Waals surface area contributed by atoms with Gasteiger partial charge < -0.3 is 4.42 Å². The van der Waals surface area contributed by atoms with Gasteiger partial charge in [0.1, 0.15) is 0 Å². The molecule has 1 aromatic heterocycles. The number of hydrogen-bond donors (Lipinski definition) is 0. The summed E-state index contributed by atoms with van der Waals surface area (Å²) in [7, 11) is 0. The summed E-state index contributed by atoms with van der Waals surface area (Å²) in [5.74, 6) is 1.73. The molecule has 0 aliphatic rings. The van der Waals surface area contributed by atoms with Gasteiger partial charge in [-0.15, -0.1) is 10.2 Å². The van der Waals surface area contributed by atoms with Crippen LogP contribution in [-0.2, 0) is 0 Å². The lowest BCUT2D eigenvalue weighted by Crippen LogP contribution is -1.95. The Balaban J connectivity index is 1.80. The number of benzene rings is 2. The first-order valence-corrected chi connectivity index (χ1v) is 8.30. The average Bonchev–Trinajstić information content (AvgIpc) is 3.09. The summed E-state index contributed by atoms with van der Waals surface area (Å²) in [6, 6.07) is 18.6. The smallest absolute Gasteiger partial charge is 0.240 e. The zero-order chi connectivity index (χ0) is 16.9. The molecule has 2 aromatic carbocycles. The normalized spacial score (nSPS) is 12.8. The van der Waals surface area contributed by atoms with E-state index in [1.807, 2.05) is 36.4 Å². The lowest BCUT2D eigenvalue weighted by atomic mass is 9.97. The molecular weight excluding hydrogens is 296 g/mol. The second kappa shape index (κ2) is 7.26. The maximum absolute atomic E-state index is 5.81. The van der Waals surface area contributed by atoms with Gasteiger partial charge in [-0.1, -0.05) is 68.4 Å². The largest absolute Gasteiger partial charge is 0.421 e. The van der Waals surface area contributed by atoms with E-state index < -0.39 is 0 Å². The predicted molar refractivity (Wildman–Crippen MR) is 97.7 cm³/mol. The van der Waals surface area contributed by atoms with E-state index in [1.54, 1.807) is 0 Å². The molecule has 3 heteroatoms. The maximum Gasteiger partial charge on any atom is 0.240 e. The molecule has 0 fully saturated rings. The second-order valence-corrected chi connectivity index (χ2v) is 6.23. The van der Waals surface area contributed by atoms with E-state index in [1.165, 1.54) is 16.7 Å². The minimum absolute atomic E-state index is 0.0869. The van der Waals surface area contributed by atoms with Gasteiger partial charge in [0.05, 0.1) is 5.92 Å². The van der Waals surface area contributed by atoms with E-state index in [9.17, 15) is 0 Å². The third-order valence-electron chi connectivity index (χ3n) is 4.15. The van der Waals surface area contributed by atoms with Gasteiger partial charge in [-0.2, -0.15) is 0 Å². The van der Waals surface area contributed by atoms with Crippen molar-refractivity contribution in [3.05, 3.63) is 83.1 Å². The van der Waals surface area contributed by atoms with Crippen molar-refractivity contribution in [3.8, 4) is 0 Å². The topological polar surface area (TPSA) is 38.9 Å². The molecule has 3 nitrogen and oxygen atoms in total. The van der Waals surface area contributed by atoms with Crippen LogP contribution in [0.2, 0.25) is 0 Å². The molecule has 0 amide bonds. The predicted octanol–water partition coefficient (Wildman–Crippen LogP) is 5.52. The Labute approximate surface area is 143 Å². The highest BCUT2D eigenvalue weighted by Crippen LogP contribution is 2.24. The Morgan fingerprint density at radius 3 is 2.29 bits per heavy atom. The van der Waals surface area contributed by atoms with Crippen molar-refractivity contribution in [3.63, 3.8) is 0 Å². The van der Waals surface area contributed by atoms with Gasteiger partial charge >= 0.3 is 0 Å². The van der Waals surface area contributed by atoms with Crippen LogP contribution in [0.4, 0.5) is 0 Å². The maximum atomic E-state index is 5.81. The van der Waals surface area contributed by atoms with Crippen LogP contribution in [0.1, 0.15) is 61.1 Å². The van der Waals surface area contributed by atoms with Crippen molar-refractivity contribution < 1.29 is 4.42 Å². The summed E-state index contributed by atoms with van der Waals surface area (Å²) in [4.78, 5) is 0. The van der Waals surface area contributed by atoms with Crippen molar-refractivity contribution in [1.82, 2.24) is 10.2 Å². The van der Waals surface area contributed by atoms with E-state index in [2.05, 4.69) is 61.3 Å². The minimum atomic E-state index is 0.0869. The van der Waals surface area contributed by atoms with Crippen LogP contribution in [0.5, 0.6) is 0 Å². The van der Waals surface area contributed by atoms with E-state index >= 15 is 0 Å². The fourth-order valence-corrected chi connectivity index (χ4v) is 2.72. The van der Waals surface area contributed by atoms with Crippen LogP contribution < -0.4 is 0 Å². The molecule has 0 N–H and O–H groups in total. The summed E-state index contributed by atoms with van der Waals surface area (Å²) in [6.07, 6.45) is 3.93. The van der Waals surface area contributed by atoms with Gasteiger partial charge in [0, 0.05) is 6.08 Å². The van der Waals surface area contributed by atoms with Crippen molar-refractivity contribution in [1.29, 1.82) is 0 Å². The minimum Gasteiger partial charge on any atom is -0.421 e. The van der Waals surface area contributed by atoms with E-state index in [-0.39, 0.29) is 5.92 Å². The van der Waals surface area contributed by atoms with Crippen LogP contribution in [0.3, 0.4) is 0 Å². The van der Waals surface area contributed by atoms with Crippen LogP contribution in [0, 0.1) is 0 Å². The highest BCUT2D eigenvalue weighted by atomic mass is 16.4. The van der Waals surface area contributed by atoms with Crippen LogP contribution >= 0.6 is 0 Å². The van der Waals surface area contributed by atoms with Crippen LogP contribution in [0.25, 0.3) is 12.2 Å². The van der Waals surface area contributed by atoms with Crippen molar-refractivity contribution in [2.45, 2.75) is 32.6 Å². The average molecular weight is 318 g/mol. The summed E-state index contributed by atoms with van der Waals surface area (Å²) >= 11 is 0. The Morgan fingerprint density at radius 2 is 1.54 bits per heavy atom. The molecular formula is C21H22N2O. The molecule has 122 valence electrons. The van der Waals surface area contributed by atoms with Crippen molar-refractivity contribution >= 4 is 12.2 Å². The van der Waals surface area contributed by atoms with Gasteiger partial charge in [-0.3, -0.25) is 0 Å². The SMILES string of the molecule is CC(C)c1ccccc1C=Cc1nnc(C(C)c2ccccc2)o1. The van der Waals surface area contributed by atoms with Gasteiger partial charge in [0.2, 0.25) is 11.8 Å². The molecule has 3 aromatic rings. The number of aromatic nitrogens is 2. The van der Waals surface area contributed by atoms with E-state index in [0.717, 1.165) is 0 Å². The molecule has 0 spiro atoms. The molecule has 0 saturated carbocycles. The molecule has 0 radical (unpaired) electrons. The second-order valence-electron chi connectivity index (χ2n) is 6.23. The Morgan fingerprint density at radius 1 is 0.833 bits per heavy atom. The summed E-state index contributed by atoms with van der Waals surface area (Å²) in [5, 5.41) is 8.34. The highest BCUT2D eigenvalue weighted by molar-refractivity contribution is 5.68. The molecule has 3 rings (SSSR count). The molecule has 0 aliphatic heterocycles. The molecule has 24 heavy (non-hydrogen) atoms. The fraction of sp³-hybridized carbons (Fsp3) is 0.238. The monoisotopic (exact) mass is 318 g/mol. The lowest BCUT2D eigenvalue weighted by molar-refractivity contribution is 0.472. The van der Waals surface area contributed by atoms with Gasteiger partial charge in [0.15, 0.2) is 0 Å². The quantitative estimate of drug-likeness (QED) is 0.622. The van der Waals surface area contributed by atoms with Crippen molar-refractivity contribution in [2.75, 3.05) is 0 Å². The Kier molecular flexibility index (Phi) is 4.90. The third kappa shape index (κ3) is 3.62. The molecule has 0 aliphatic carbocycles. The summed E-state index contributed by atoms with van der Waals surface area (Å²) in [6.45, 7) is 6.46. The zero-order valence-corrected chi connectivity index (χ0v) is 14.3.